The summed E-state index contributed by atoms with van der Waals surface area (Å²) in [4.78, 5) is 20.8. The van der Waals surface area contributed by atoms with Gasteiger partial charge in [0.15, 0.2) is 5.82 Å². The summed E-state index contributed by atoms with van der Waals surface area (Å²) >= 11 is 6.53. The maximum absolute atomic E-state index is 6.53. The number of nitrogens with zero attached hydrogens (tertiary/aromatic N) is 5. The van der Waals surface area contributed by atoms with Crippen molar-refractivity contribution < 1.29 is 0 Å². The third-order valence-electron chi connectivity index (χ3n) is 5.46. The van der Waals surface area contributed by atoms with Gasteiger partial charge in [-0.2, -0.15) is 0 Å². The van der Waals surface area contributed by atoms with Crippen molar-refractivity contribution in [3.05, 3.63) is 60.0 Å². The highest BCUT2D eigenvalue weighted by molar-refractivity contribution is 6.36. The molecule has 0 bridgehead atoms. The number of nitrogen functional groups attached to an aromatic ring is 1. The molecule has 0 spiro atoms. The van der Waals surface area contributed by atoms with Crippen molar-refractivity contribution in [3.8, 4) is 22.6 Å². The predicted molar refractivity (Wildman–Crippen MR) is 125 cm³/mol. The quantitative estimate of drug-likeness (QED) is 0.476. The first-order valence-corrected chi connectivity index (χ1v) is 10.6. The molecule has 31 heavy (non-hydrogen) atoms. The molecule has 4 heterocycles. The van der Waals surface area contributed by atoms with E-state index in [1.165, 1.54) is 0 Å². The molecule has 1 aliphatic rings. The van der Waals surface area contributed by atoms with E-state index in [0.717, 1.165) is 53.2 Å². The Balaban J connectivity index is 1.66. The molecule has 7 nitrogen and oxygen atoms in total. The van der Waals surface area contributed by atoms with Gasteiger partial charge in [0.1, 0.15) is 5.82 Å². The van der Waals surface area contributed by atoms with Gasteiger partial charge < -0.3 is 16.0 Å². The molecule has 0 radical (unpaired) electrons. The Morgan fingerprint density at radius 2 is 2.03 bits per heavy atom. The number of halogens is 1. The van der Waals surface area contributed by atoms with Crippen LogP contribution in [0.1, 0.15) is 6.92 Å². The summed E-state index contributed by atoms with van der Waals surface area (Å²) in [6.45, 7) is 4.74. The lowest BCUT2D eigenvalue weighted by Gasteiger charge is -2.33. The molecular weight excluding hydrogens is 410 g/mol. The van der Waals surface area contributed by atoms with Gasteiger partial charge in [0.25, 0.3) is 0 Å². The molecule has 3 aromatic heterocycles. The highest BCUT2D eigenvalue weighted by Crippen LogP contribution is 2.33. The second-order valence-electron chi connectivity index (χ2n) is 7.70. The van der Waals surface area contributed by atoms with Crippen LogP contribution < -0.4 is 16.0 Å². The first-order chi connectivity index (χ1) is 15.1. The number of benzene rings is 1. The van der Waals surface area contributed by atoms with Crippen molar-refractivity contribution >= 4 is 34.0 Å². The number of anilines is 2. The van der Waals surface area contributed by atoms with Crippen LogP contribution in [0.4, 0.5) is 11.5 Å². The molecule has 1 aromatic carbocycles. The lowest BCUT2D eigenvalue weighted by atomic mass is 10.1. The van der Waals surface area contributed by atoms with Crippen LogP contribution >= 0.6 is 11.6 Å². The molecule has 5 rings (SSSR count). The zero-order chi connectivity index (χ0) is 21.4. The molecule has 156 valence electrons. The summed E-state index contributed by atoms with van der Waals surface area (Å²) in [6.07, 6.45) is 5.14. The van der Waals surface area contributed by atoms with Crippen LogP contribution in [-0.4, -0.2) is 45.6 Å². The molecule has 1 saturated heterocycles. The Morgan fingerprint density at radius 3 is 2.87 bits per heavy atom. The number of fused-ring (bicyclic) bond motifs is 1. The summed E-state index contributed by atoms with van der Waals surface area (Å²) in [6, 6.07) is 11.9. The number of pyridine rings is 2. The highest BCUT2D eigenvalue weighted by Gasteiger charge is 2.22. The van der Waals surface area contributed by atoms with Gasteiger partial charge in [-0.3, -0.25) is 9.97 Å². The van der Waals surface area contributed by atoms with E-state index in [-0.39, 0.29) is 0 Å². The maximum atomic E-state index is 6.53. The standard InChI is InChI=1S/C23H22ClN7/c1-14-13-31(9-8-27-14)23-21-17(24)11-26-12-20(21)29-22(30-23)15-6-7-28-19(10-15)16-4-2-3-5-18(16)25/h2-7,10-12,14,27H,8-9,13,25H2,1H3. The highest BCUT2D eigenvalue weighted by atomic mass is 35.5. The smallest absolute Gasteiger partial charge is 0.162 e. The zero-order valence-electron chi connectivity index (χ0n) is 17.1. The molecule has 1 unspecified atom stereocenters. The van der Waals surface area contributed by atoms with E-state index in [0.29, 0.717) is 22.6 Å². The van der Waals surface area contributed by atoms with E-state index in [2.05, 4.69) is 27.1 Å². The average molecular weight is 432 g/mol. The van der Waals surface area contributed by atoms with Crippen LogP contribution in [0.3, 0.4) is 0 Å². The van der Waals surface area contributed by atoms with Gasteiger partial charge in [-0.15, -0.1) is 0 Å². The van der Waals surface area contributed by atoms with E-state index in [4.69, 9.17) is 27.3 Å². The number of aromatic nitrogens is 4. The molecule has 0 saturated carbocycles. The van der Waals surface area contributed by atoms with Crippen molar-refractivity contribution in [1.29, 1.82) is 0 Å². The SMILES string of the molecule is CC1CN(c2nc(-c3ccnc(-c4ccccc4N)c3)nc3cncc(Cl)c23)CCN1. The van der Waals surface area contributed by atoms with Gasteiger partial charge >= 0.3 is 0 Å². The molecule has 0 amide bonds. The number of rotatable bonds is 3. The minimum Gasteiger partial charge on any atom is -0.398 e. The Kier molecular flexibility index (Phi) is 5.13. The van der Waals surface area contributed by atoms with E-state index in [9.17, 15) is 0 Å². The monoisotopic (exact) mass is 431 g/mol. The van der Waals surface area contributed by atoms with Crippen LogP contribution in [0.2, 0.25) is 5.02 Å². The van der Waals surface area contributed by atoms with Gasteiger partial charge in [0.2, 0.25) is 0 Å². The van der Waals surface area contributed by atoms with Crippen molar-refractivity contribution in [2.75, 3.05) is 30.3 Å². The number of para-hydroxylation sites is 1. The minimum atomic E-state index is 0.358. The molecule has 0 aliphatic carbocycles. The van der Waals surface area contributed by atoms with Gasteiger partial charge in [-0.1, -0.05) is 29.8 Å². The normalized spacial score (nSPS) is 16.6. The fourth-order valence-electron chi connectivity index (χ4n) is 3.96. The van der Waals surface area contributed by atoms with Crippen LogP contribution in [0.25, 0.3) is 33.5 Å². The van der Waals surface area contributed by atoms with Crippen molar-refractivity contribution in [2.45, 2.75) is 13.0 Å². The number of hydrogen-bond acceptors (Lipinski definition) is 7. The number of nitrogens with two attached hydrogens (primary N) is 1. The number of hydrogen-bond donors (Lipinski definition) is 2. The van der Waals surface area contributed by atoms with Gasteiger partial charge in [-0.05, 0) is 25.1 Å². The summed E-state index contributed by atoms with van der Waals surface area (Å²) in [7, 11) is 0. The van der Waals surface area contributed by atoms with Gasteiger partial charge in [-0.25, -0.2) is 9.97 Å². The number of piperazine rings is 1. The van der Waals surface area contributed by atoms with Crippen LogP contribution in [0.5, 0.6) is 0 Å². The molecular formula is C23H22ClN7. The summed E-state index contributed by atoms with van der Waals surface area (Å²) in [5.41, 5.74) is 10.1. The lowest BCUT2D eigenvalue weighted by molar-refractivity contribution is 0.483. The first-order valence-electron chi connectivity index (χ1n) is 10.2. The molecule has 3 N–H and O–H groups in total. The second-order valence-corrected chi connectivity index (χ2v) is 8.11. The van der Waals surface area contributed by atoms with Crippen LogP contribution in [0.15, 0.2) is 55.0 Å². The van der Waals surface area contributed by atoms with E-state index < -0.39 is 0 Å². The third-order valence-corrected chi connectivity index (χ3v) is 5.75. The molecule has 1 aliphatic heterocycles. The zero-order valence-corrected chi connectivity index (χ0v) is 17.8. The lowest BCUT2D eigenvalue weighted by Crippen LogP contribution is -2.49. The first kappa shape index (κ1) is 19.7. The van der Waals surface area contributed by atoms with Crippen LogP contribution in [-0.2, 0) is 0 Å². The van der Waals surface area contributed by atoms with Crippen molar-refractivity contribution in [3.63, 3.8) is 0 Å². The second kappa shape index (κ2) is 8.09. The number of nitrogens with one attached hydrogen (secondary N) is 1. The van der Waals surface area contributed by atoms with E-state index >= 15 is 0 Å². The largest absolute Gasteiger partial charge is 0.398 e. The maximum Gasteiger partial charge on any atom is 0.162 e. The molecule has 8 heteroatoms. The topological polar surface area (TPSA) is 92.9 Å². The molecule has 1 atom stereocenters. The Morgan fingerprint density at radius 1 is 1.16 bits per heavy atom. The predicted octanol–water partition coefficient (Wildman–Crippen LogP) is 3.79. The summed E-state index contributed by atoms with van der Waals surface area (Å²) in [5, 5.41) is 4.85. The Labute approximate surface area is 185 Å². The summed E-state index contributed by atoms with van der Waals surface area (Å²) in [5.74, 6) is 1.44. The van der Waals surface area contributed by atoms with Crippen molar-refractivity contribution in [1.82, 2.24) is 25.3 Å². The summed E-state index contributed by atoms with van der Waals surface area (Å²) < 4.78 is 0. The van der Waals surface area contributed by atoms with Gasteiger partial charge in [0.05, 0.1) is 27.8 Å². The fourth-order valence-corrected chi connectivity index (χ4v) is 4.19. The van der Waals surface area contributed by atoms with E-state index in [1.807, 2.05) is 36.4 Å². The Bertz CT molecular complexity index is 1260. The van der Waals surface area contributed by atoms with Crippen molar-refractivity contribution in [2.24, 2.45) is 0 Å². The average Bonchev–Trinajstić information content (AvgIpc) is 2.79. The molecule has 1 fully saturated rings. The Hall–Kier alpha value is -3.29. The van der Waals surface area contributed by atoms with E-state index in [1.54, 1.807) is 18.6 Å². The molecule has 4 aromatic rings. The third kappa shape index (κ3) is 3.78. The van der Waals surface area contributed by atoms with Gasteiger partial charge in [0, 0.05) is 54.9 Å². The fraction of sp³-hybridized carbons (Fsp3) is 0.217. The minimum absolute atomic E-state index is 0.358. The van der Waals surface area contributed by atoms with Crippen LogP contribution in [0, 0.1) is 0 Å².